The van der Waals surface area contributed by atoms with Crippen LogP contribution in [0.4, 0.5) is 0 Å². The molecule has 3 aromatic heterocycles. The molecular formula is C20H26N6O2S2. The van der Waals surface area contributed by atoms with Crippen molar-refractivity contribution in [2.24, 2.45) is 7.05 Å². The third-order valence-electron chi connectivity index (χ3n) is 5.82. The molecule has 1 aliphatic rings. The number of rotatable bonds is 7. The molecule has 0 radical (unpaired) electrons. The maximum atomic E-state index is 12.5. The van der Waals surface area contributed by atoms with Crippen LogP contribution in [0.25, 0.3) is 10.2 Å². The fourth-order valence-corrected chi connectivity index (χ4v) is 5.34. The normalized spacial score (nSPS) is 15.3. The van der Waals surface area contributed by atoms with Gasteiger partial charge in [0, 0.05) is 17.8 Å². The van der Waals surface area contributed by atoms with Crippen molar-refractivity contribution in [2.45, 2.75) is 63.5 Å². The Morgan fingerprint density at radius 2 is 2.13 bits per heavy atom. The van der Waals surface area contributed by atoms with Crippen LogP contribution < -0.4 is 10.9 Å². The van der Waals surface area contributed by atoms with Crippen LogP contribution in [0.5, 0.6) is 0 Å². The largest absolute Gasteiger partial charge is 0.348 e. The summed E-state index contributed by atoms with van der Waals surface area (Å²) in [5.74, 6) is 3.27. The van der Waals surface area contributed by atoms with E-state index in [2.05, 4.69) is 25.5 Å². The molecule has 0 bridgehead atoms. The zero-order chi connectivity index (χ0) is 21.4. The van der Waals surface area contributed by atoms with Gasteiger partial charge in [-0.05, 0) is 39.2 Å². The number of thioether (sulfide) groups is 1. The third-order valence-corrected chi connectivity index (χ3v) is 8.07. The van der Waals surface area contributed by atoms with Crippen LogP contribution in [0, 0.1) is 13.8 Å². The number of aryl methyl sites for hydroxylation is 2. The maximum Gasteiger partial charge on any atom is 0.259 e. The molecule has 10 heteroatoms. The lowest BCUT2D eigenvalue weighted by Crippen LogP contribution is -2.31. The van der Waals surface area contributed by atoms with Crippen molar-refractivity contribution in [1.29, 1.82) is 0 Å². The van der Waals surface area contributed by atoms with Gasteiger partial charge in [-0.15, -0.1) is 33.3 Å². The number of carbonyl (C=O) groups is 1. The number of carbonyl (C=O) groups excluding carboxylic acids is 1. The van der Waals surface area contributed by atoms with E-state index in [1.54, 1.807) is 0 Å². The molecule has 3 heterocycles. The van der Waals surface area contributed by atoms with Gasteiger partial charge in [-0.2, -0.15) is 0 Å². The Kier molecular flexibility index (Phi) is 5.97. The maximum absolute atomic E-state index is 12.5. The van der Waals surface area contributed by atoms with Crippen molar-refractivity contribution in [3.8, 4) is 0 Å². The lowest BCUT2D eigenvalue weighted by atomic mass is 9.85. The first kappa shape index (κ1) is 21.0. The highest BCUT2D eigenvalue weighted by Gasteiger charge is 2.25. The number of hydrogen-bond acceptors (Lipinski definition) is 7. The van der Waals surface area contributed by atoms with Crippen LogP contribution in [-0.2, 0) is 24.1 Å². The van der Waals surface area contributed by atoms with E-state index in [4.69, 9.17) is 0 Å². The van der Waals surface area contributed by atoms with Crippen molar-refractivity contribution < 1.29 is 4.79 Å². The molecule has 0 spiro atoms. The molecule has 1 atom stereocenters. The monoisotopic (exact) mass is 446 g/mol. The standard InChI is InChI=1S/C20H26N6O2S2/c1-10-11(2)30-20-16(10)19(28)22-14(23-20)9-29-12(3)18(27)21-8-15-24-25-17(26(15)4)13-6-5-7-13/h12-13H,5-9H2,1-4H3,(H,21,27)(H,22,23,28)/t12-/m0/s1. The molecule has 1 saturated carbocycles. The number of amides is 1. The summed E-state index contributed by atoms with van der Waals surface area (Å²) in [6.07, 6.45) is 3.58. The smallest absolute Gasteiger partial charge is 0.259 e. The van der Waals surface area contributed by atoms with Crippen LogP contribution in [-0.4, -0.2) is 35.9 Å². The molecule has 0 aliphatic heterocycles. The summed E-state index contributed by atoms with van der Waals surface area (Å²) in [6.45, 7) is 6.15. The molecule has 3 aromatic rings. The molecular weight excluding hydrogens is 420 g/mol. The Bertz CT molecular complexity index is 1140. The Balaban J connectivity index is 1.33. The predicted octanol–water partition coefficient (Wildman–Crippen LogP) is 2.94. The third kappa shape index (κ3) is 4.02. The lowest BCUT2D eigenvalue weighted by Gasteiger charge is -2.24. The second kappa shape index (κ2) is 8.50. The summed E-state index contributed by atoms with van der Waals surface area (Å²) < 4.78 is 2.00. The fourth-order valence-electron chi connectivity index (χ4n) is 3.51. The van der Waals surface area contributed by atoms with Gasteiger partial charge < -0.3 is 14.9 Å². The number of fused-ring (bicyclic) bond motifs is 1. The van der Waals surface area contributed by atoms with E-state index in [0.29, 0.717) is 29.4 Å². The molecule has 2 N–H and O–H groups in total. The van der Waals surface area contributed by atoms with Gasteiger partial charge in [0.2, 0.25) is 5.91 Å². The van der Waals surface area contributed by atoms with Crippen molar-refractivity contribution >= 4 is 39.2 Å². The Morgan fingerprint density at radius 1 is 1.37 bits per heavy atom. The van der Waals surface area contributed by atoms with E-state index in [9.17, 15) is 9.59 Å². The highest BCUT2D eigenvalue weighted by molar-refractivity contribution is 7.99. The van der Waals surface area contributed by atoms with E-state index in [-0.39, 0.29) is 16.7 Å². The van der Waals surface area contributed by atoms with Gasteiger partial charge >= 0.3 is 0 Å². The average Bonchev–Trinajstić information content (AvgIpc) is 3.16. The number of hydrogen-bond donors (Lipinski definition) is 2. The molecule has 1 aliphatic carbocycles. The van der Waals surface area contributed by atoms with Gasteiger partial charge in [0.05, 0.1) is 22.9 Å². The zero-order valence-corrected chi connectivity index (χ0v) is 19.2. The zero-order valence-electron chi connectivity index (χ0n) is 17.6. The molecule has 30 heavy (non-hydrogen) atoms. The number of aromatic amines is 1. The lowest BCUT2D eigenvalue weighted by molar-refractivity contribution is -0.120. The summed E-state index contributed by atoms with van der Waals surface area (Å²) in [4.78, 5) is 34.2. The first-order chi connectivity index (χ1) is 14.3. The van der Waals surface area contributed by atoms with Crippen molar-refractivity contribution in [3.05, 3.63) is 38.3 Å². The van der Waals surface area contributed by atoms with Gasteiger partial charge in [-0.1, -0.05) is 6.42 Å². The van der Waals surface area contributed by atoms with Crippen molar-refractivity contribution in [2.75, 3.05) is 0 Å². The van der Waals surface area contributed by atoms with Crippen LogP contribution in [0.1, 0.15) is 60.0 Å². The topological polar surface area (TPSA) is 106 Å². The van der Waals surface area contributed by atoms with Crippen LogP contribution in [0.3, 0.4) is 0 Å². The van der Waals surface area contributed by atoms with Crippen LogP contribution in [0.2, 0.25) is 0 Å². The summed E-state index contributed by atoms with van der Waals surface area (Å²) >= 11 is 2.97. The SMILES string of the molecule is Cc1sc2nc(CS[C@@H](C)C(=O)NCc3nnc(C4CCC4)n3C)[nH]c(=O)c2c1C. The second-order valence-corrected chi connectivity index (χ2v) is 10.3. The Morgan fingerprint density at radius 3 is 2.83 bits per heavy atom. The number of nitrogens with one attached hydrogen (secondary N) is 2. The molecule has 0 unspecified atom stereocenters. The van der Waals surface area contributed by atoms with E-state index in [0.717, 1.165) is 26.9 Å². The van der Waals surface area contributed by atoms with Crippen LogP contribution in [0.15, 0.2) is 4.79 Å². The number of thiophene rings is 1. The Labute approximate surface area is 182 Å². The molecule has 8 nitrogen and oxygen atoms in total. The molecule has 160 valence electrons. The highest BCUT2D eigenvalue weighted by Crippen LogP contribution is 2.35. The number of aromatic nitrogens is 5. The quantitative estimate of drug-likeness (QED) is 0.578. The minimum absolute atomic E-state index is 0.0700. The minimum Gasteiger partial charge on any atom is -0.348 e. The van der Waals surface area contributed by atoms with E-state index in [1.807, 2.05) is 32.4 Å². The molecule has 1 amide bonds. The average molecular weight is 447 g/mol. The summed E-state index contributed by atoms with van der Waals surface area (Å²) in [5.41, 5.74) is 0.874. The fraction of sp³-hybridized carbons (Fsp3) is 0.550. The number of H-pyrrole nitrogens is 1. The molecule has 1 fully saturated rings. The first-order valence-electron chi connectivity index (χ1n) is 10.1. The van der Waals surface area contributed by atoms with Gasteiger partial charge in [-0.3, -0.25) is 9.59 Å². The predicted molar refractivity (Wildman–Crippen MR) is 120 cm³/mol. The van der Waals surface area contributed by atoms with E-state index in [1.165, 1.54) is 42.4 Å². The minimum atomic E-state index is -0.280. The van der Waals surface area contributed by atoms with Crippen molar-refractivity contribution in [3.63, 3.8) is 0 Å². The van der Waals surface area contributed by atoms with E-state index >= 15 is 0 Å². The highest BCUT2D eigenvalue weighted by atomic mass is 32.2. The van der Waals surface area contributed by atoms with Crippen molar-refractivity contribution in [1.82, 2.24) is 30.0 Å². The molecule has 0 aromatic carbocycles. The second-order valence-electron chi connectivity index (χ2n) is 7.81. The van der Waals surface area contributed by atoms with Gasteiger partial charge in [0.15, 0.2) is 5.82 Å². The molecule has 4 rings (SSSR count). The van der Waals surface area contributed by atoms with Gasteiger partial charge in [-0.25, -0.2) is 4.98 Å². The summed E-state index contributed by atoms with van der Waals surface area (Å²) in [5, 5.41) is 11.9. The van der Waals surface area contributed by atoms with Gasteiger partial charge in [0.25, 0.3) is 5.56 Å². The van der Waals surface area contributed by atoms with Gasteiger partial charge in [0.1, 0.15) is 16.5 Å². The Hall–Kier alpha value is -2.20. The van der Waals surface area contributed by atoms with E-state index < -0.39 is 0 Å². The first-order valence-corrected chi connectivity index (χ1v) is 12.0. The molecule has 0 saturated heterocycles. The summed E-state index contributed by atoms with van der Waals surface area (Å²) in [6, 6.07) is 0. The summed E-state index contributed by atoms with van der Waals surface area (Å²) in [7, 11) is 1.96. The van der Waals surface area contributed by atoms with Crippen LogP contribution >= 0.6 is 23.1 Å². The number of nitrogens with zero attached hydrogens (tertiary/aromatic N) is 4.